The molecule has 3 saturated carbocycles. The van der Waals surface area contributed by atoms with Crippen LogP contribution in [0.1, 0.15) is 105 Å². The van der Waals surface area contributed by atoms with Gasteiger partial charge in [-0.25, -0.2) is 4.79 Å². The second kappa shape index (κ2) is 9.15. The molecule has 2 saturated heterocycles. The van der Waals surface area contributed by atoms with Crippen molar-refractivity contribution in [2.75, 3.05) is 20.7 Å². The predicted molar refractivity (Wildman–Crippen MR) is 174 cm³/mol. The molecule has 6 aliphatic rings. The van der Waals surface area contributed by atoms with E-state index < -0.39 is 11.0 Å². The van der Waals surface area contributed by atoms with Gasteiger partial charge in [0.05, 0.1) is 41.4 Å². The third-order valence-electron chi connectivity index (χ3n) is 12.6. The molecule has 5 fully saturated rings. The lowest BCUT2D eigenvalue weighted by Gasteiger charge is -2.80. The second-order valence-electron chi connectivity index (χ2n) is 15.9. The van der Waals surface area contributed by atoms with Crippen LogP contribution in [-0.2, 0) is 16.1 Å². The number of nitrogens with zero attached hydrogens (tertiary/aromatic N) is 3. The maximum absolute atomic E-state index is 14.9. The number of amides is 1. The van der Waals surface area contributed by atoms with Crippen LogP contribution in [0.2, 0.25) is 0 Å². The summed E-state index contributed by atoms with van der Waals surface area (Å²) < 4.78 is 14.0. The first-order valence-corrected chi connectivity index (χ1v) is 17.2. The van der Waals surface area contributed by atoms with E-state index in [0.717, 1.165) is 30.7 Å². The van der Waals surface area contributed by atoms with Crippen LogP contribution in [0, 0.1) is 5.41 Å². The van der Waals surface area contributed by atoms with Crippen LogP contribution in [0.3, 0.4) is 0 Å². The number of aromatic nitrogens is 1. The monoisotopic (exact) mass is 607 g/mol. The summed E-state index contributed by atoms with van der Waals surface area (Å²) in [6.45, 7) is 7.36. The van der Waals surface area contributed by atoms with Gasteiger partial charge in [-0.05, 0) is 107 Å². The molecule has 9 rings (SSSR count). The highest BCUT2D eigenvalue weighted by Crippen LogP contribution is 2.69. The Hall–Kier alpha value is -3.32. The standard InChI is InChI=1S/C38H45N3O4/c1-36(2,3)45-34(42)23-11-13-26-29(17-23)40-21-37(35(43)41-30-15-16-38(30)31(41)20-39(38)4)19-28(37)27-18-24(44-5)12-14-25(27)33(40)32(26)22-9-7-6-8-10-22/h11-14,17-18,22,28,30-31H,6-10,15-16,19-21H2,1-5H3. The van der Waals surface area contributed by atoms with Crippen LogP contribution >= 0.6 is 0 Å². The number of carbonyl (C=O) groups excluding carboxylic acids is 2. The van der Waals surface area contributed by atoms with Gasteiger partial charge in [0.15, 0.2) is 0 Å². The molecule has 3 aliphatic carbocycles. The van der Waals surface area contributed by atoms with Crippen molar-refractivity contribution in [2.45, 2.75) is 114 Å². The fourth-order valence-electron chi connectivity index (χ4n) is 10.3. The molecular weight excluding hydrogens is 562 g/mol. The maximum Gasteiger partial charge on any atom is 0.338 e. The largest absolute Gasteiger partial charge is 0.497 e. The molecular formula is C38H45N3O4. The summed E-state index contributed by atoms with van der Waals surface area (Å²) in [7, 11) is 3.96. The van der Waals surface area contributed by atoms with Gasteiger partial charge < -0.3 is 18.9 Å². The van der Waals surface area contributed by atoms with Gasteiger partial charge in [-0.3, -0.25) is 9.69 Å². The lowest BCUT2D eigenvalue weighted by molar-refractivity contribution is -0.278. The zero-order valence-electron chi connectivity index (χ0n) is 27.3. The number of hydrogen-bond donors (Lipinski definition) is 0. The van der Waals surface area contributed by atoms with Gasteiger partial charge in [0.1, 0.15) is 11.4 Å². The molecule has 5 atom stereocenters. The number of piperidine rings is 1. The Kier molecular flexibility index (Phi) is 5.68. The highest BCUT2D eigenvalue weighted by atomic mass is 16.6. The summed E-state index contributed by atoms with van der Waals surface area (Å²) in [5.41, 5.74) is 5.94. The van der Waals surface area contributed by atoms with E-state index >= 15 is 0 Å². The summed E-state index contributed by atoms with van der Waals surface area (Å²) in [5.74, 6) is 1.50. The average Bonchev–Trinajstić information content (AvgIpc) is 3.67. The Balaban J connectivity index is 1.23. The molecule has 7 nitrogen and oxygen atoms in total. The first kappa shape index (κ1) is 27.9. The van der Waals surface area contributed by atoms with E-state index in [0.29, 0.717) is 36.0 Å². The van der Waals surface area contributed by atoms with Gasteiger partial charge in [-0.2, -0.15) is 0 Å². The van der Waals surface area contributed by atoms with E-state index in [1.807, 2.05) is 32.9 Å². The number of benzene rings is 2. The van der Waals surface area contributed by atoms with Crippen molar-refractivity contribution < 1.29 is 19.1 Å². The molecule has 0 bridgehead atoms. The molecule has 4 heterocycles. The number of piperazine rings is 1. The maximum atomic E-state index is 14.9. The molecule has 0 radical (unpaired) electrons. The first-order valence-electron chi connectivity index (χ1n) is 17.2. The van der Waals surface area contributed by atoms with E-state index in [4.69, 9.17) is 9.47 Å². The van der Waals surface area contributed by atoms with Crippen molar-refractivity contribution in [3.8, 4) is 17.0 Å². The molecule has 3 aliphatic heterocycles. The SMILES string of the molecule is COc1ccc2c(c1)C1CC1(C(=O)N1C3CCC34C1CN4C)Cn1c-2c(C2CCCCC2)c2ccc(C(=O)OC(C)(C)C)cc21. The van der Waals surface area contributed by atoms with Crippen molar-refractivity contribution in [3.63, 3.8) is 0 Å². The molecule has 5 unspecified atom stereocenters. The van der Waals surface area contributed by atoms with Crippen LogP contribution in [0.25, 0.3) is 22.2 Å². The van der Waals surface area contributed by atoms with E-state index in [2.05, 4.69) is 45.7 Å². The molecule has 1 spiro atoms. The van der Waals surface area contributed by atoms with Crippen LogP contribution < -0.4 is 4.74 Å². The summed E-state index contributed by atoms with van der Waals surface area (Å²) >= 11 is 0. The Morgan fingerprint density at radius 2 is 1.78 bits per heavy atom. The van der Waals surface area contributed by atoms with Crippen LogP contribution in [0.4, 0.5) is 0 Å². The van der Waals surface area contributed by atoms with Crippen molar-refractivity contribution in [1.82, 2.24) is 14.4 Å². The van der Waals surface area contributed by atoms with Crippen LogP contribution in [-0.4, -0.2) is 70.2 Å². The number of fused-ring (bicyclic) bond motifs is 7. The van der Waals surface area contributed by atoms with E-state index in [1.165, 1.54) is 66.3 Å². The Bertz CT molecular complexity index is 1770. The highest BCUT2D eigenvalue weighted by Gasteiger charge is 2.78. The second-order valence-corrected chi connectivity index (χ2v) is 15.9. The number of ether oxygens (including phenoxy) is 2. The Morgan fingerprint density at radius 3 is 2.44 bits per heavy atom. The molecule has 1 amide bonds. The number of methoxy groups -OCH3 is 1. The van der Waals surface area contributed by atoms with Gasteiger partial charge in [0.25, 0.3) is 0 Å². The average molecular weight is 608 g/mol. The number of likely N-dealkylation sites (tertiary alicyclic amines) is 2. The van der Waals surface area contributed by atoms with Gasteiger partial charge in [0.2, 0.25) is 5.91 Å². The van der Waals surface area contributed by atoms with Gasteiger partial charge in [0, 0.05) is 35.5 Å². The van der Waals surface area contributed by atoms with E-state index in [-0.39, 0.29) is 17.4 Å². The molecule has 3 aromatic rings. The topological polar surface area (TPSA) is 64.0 Å². The number of likely N-dealkylation sites (N-methyl/N-ethyl adjacent to an activating group) is 1. The Morgan fingerprint density at radius 1 is 0.978 bits per heavy atom. The number of hydrogen-bond acceptors (Lipinski definition) is 5. The minimum atomic E-state index is -0.575. The third kappa shape index (κ3) is 3.62. The minimum Gasteiger partial charge on any atom is -0.497 e. The zero-order valence-corrected chi connectivity index (χ0v) is 27.3. The van der Waals surface area contributed by atoms with Crippen LogP contribution in [0.5, 0.6) is 5.75 Å². The number of rotatable bonds is 4. The highest BCUT2D eigenvalue weighted by molar-refractivity contribution is 6.00. The summed E-state index contributed by atoms with van der Waals surface area (Å²) in [6, 6.07) is 13.4. The fourth-order valence-corrected chi connectivity index (χ4v) is 10.3. The lowest BCUT2D eigenvalue weighted by atomic mass is 9.52. The molecule has 1 aromatic heterocycles. The quantitative estimate of drug-likeness (QED) is 0.303. The van der Waals surface area contributed by atoms with Gasteiger partial charge >= 0.3 is 5.97 Å². The van der Waals surface area contributed by atoms with E-state index in [9.17, 15) is 9.59 Å². The minimum absolute atomic E-state index is 0.158. The first-order chi connectivity index (χ1) is 21.6. The summed E-state index contributed by atoms with van der Waals surface area (Å²) in [6.07, 6.45) is 9.29. The van der Waals surface area contributed by atoms with Gasteiger partial charge in [-0.1, -0.05) is 25.3 Å². The van der Waals surface area contributed by atoms with E-state index in [1.54, 1.807) is 7.11 Å². The molecule has 236 valence electrons. The van der Waals surface area contributed by atoms with Crippen molar-refractivity contribution >= 4 is 22.8 Å². The smallest absolute Gasteiger partial charge is 0.338 e. The van der Waals surface area contributed by atoms with Crippen molar-refractivity contribution in [2.24, 2.45) is 5.41 Å². The molecule has 7 heteroatoms. The number of esters is 1. The third-order valence-corrected chi connectivity index (χ3v) is 12.6. The normalized spacial score (nSPS) is 31.6. The molecule has 2 aromatic carbocycles. The molecule has 45 heavy (non-hydrogen) atoms. The Labute approximate surface area is 265 Å². The van der Waals surface area contributed by atoms with Crippen molar-refractivity contribution in [1.29, 1.82) is 0 Å². The summed E-state index contributed by atoms with van der Waals surface area (Å²) in [5, 5.41) is 1.22. The number of carbonyl (C=O) groups is 2. The van der Waals surface area contributed by atoms with Crippen molar-refractivity contribution in [3.05, 3.63) is 53.1 Å². The molecule has 0 N–H and O–H groups in total. The predicted octanol–water partition coefficient (Wildman–Crippen LogP) is 6.86. The van der Waals surface area contributed by atoms with Gasteiger partial charge in [-0.15, -0.1) is 0 Å². The van der Waals surface area contributed by atoms with Crippen LogP contribution in [0.15, 0.2) is 36.4 Å². The lowest BCUT2D eigenvalue weighted by Crippen LogP contribution is -2.96. The fraction of sp³-hybridized carbons (Fsp3) is 0.579. The zero-order chi connectivity index (χ0) is 31.0. The summed E-state index contributed by atoms with van der Waals surface area (Å²) in [4.78, 5) is 33.1.